The van der Waals surface area contributed by atoms with Crippen molar-refractivity contribution < 1.29 is 19.1 Å². The molecule has 1 amide bonds. The number of hydrogen-bond donors (Lipinski definition) is 1. The first-order valence-electron chi connectivity index (χ1n) is 4.50. The average molecular weight is 242 g/mol. The first-order valence-corrected chi connectivity index (χ1v) is 5.32. The van der Waals surface area contributed by atoms with Gasteiger partial charge in [0.1, 0.15) is 12.2 Å². The highest BCUT2D eigenvalue weighted by Crippen LogP contribution is 2.25. The summed E-state index contributed by atoms with van der Waals surface area (Å²) in [4.78, 5) is 36.6. The molecule has 0 aliphatic heterocycles. The highest BCUT2D eigenvalue weighted by atomic mass is 32.1. The number of nitrogens with one attached hydrogen (secondary N) is 1. The van der Waals surface area contributed by atoms with Crippen LogP contribution in [0.3, 0.4) is 0 Å². The largest absolute Gasteiger partial charge is 0.465 e. The second-order valence-electron chi connectivity index (χ2n) is 2.70. The van der Waals surface area contributed by atoms with Crippen molar-refractivity contribution in [2.45, 2.75) is 12.8 Å². The molecule has 1 unspecified atom stereocenters. The number of thiazole rings is 1. The van der Waals surface area contributed by atoms with E-state index in [9.17, 15) is 14.4 Å². The molecular formula is C9H10N2O4S. The molecule has 1 aromatic rings. The van der Waals surface area contributed by atoms with E-state index in [0.717, 1.165) is 11.3 Å². The summed E-state index contributed by atoms with van der Waals surface area (Å²) in [5.41, 5.74) is 0. The molecule has 16 heavy (non-hydrogen) atoms. The minimum atomic E-state index is -0.973. The fraction of sp³-hybridized carbons (Fsp3) is 0.333. The zero-order valence-corrected chi connectivity index (χ0v) is 9.32. The number of carbonyl (C=O) groups is 3. The Labute approximate surface area is 95.6 Å². The van der Waals surface area contributed by atoms with E-state index in [1.54, 1.807) is 6.92 Å². The first kappa shape index (κ1) is 12.3. The quantitative estimate of drug-likeness (QED) is 0.447. The molecule has 0 saturated heterocycles. The lowest BCUT2D eigenvalue weighted by Crippen LogP contribution is -2.16. The number of rotatable bonds is 6. The Morgan fingerprint density at radius 1 is 1.69 bits per heavy atom. The zero-order chi connectivity index (χ0) is 12.0. The number of carbonyl (C=O) groups excluding carboxylic acids is 3. The van der Waals surface area contributed by atoms with E-state index in [4.69, 9.17) is 4.74 Å². The van der Waals surface area contributed by atoms with Gasteiger partial charge >= 0.3 is 5.97 Å². The molecule has 0 aliphatic rings. The lowest BCUT2D eigenvalue weighted by atomic mass is 10.1. The monoisotopic (exact) mass is 242 g/mol. The molecule has 7 heteroatoms. The molecule has 0 saturated carbocycles. The van der Waals surface area contributed by atoms with Gasteiger partial charge in [-0.05, 0) is 6.92 Å². The summed E-state index contributed by atoms with van der Waals surface area (Å²) < 4.78 is 4.74. The number of anilines is 1. The molecule has 0 bridgehead atoms. The Bertz CT molecular complexity index is 391. The molecule has 1 N–H and O–H groups in total. The Morgan fingerprint density at radius 3 is 3.00 bits per heavy atom. The number of esters is 1. The van der Waals surface area contributed by atoms with Crippen molar-refractivity contribution in [3.05, 3.63) is 11.1 Å². The van der Waals surface area contributed by atoms with Crippen LogP contribution in [0.25, 0.3) is 0 Å². The summed E-state index contributed by atoms with van der Waals surface area (Å²) in [6, 6.07) is 0. The molecule has 1 atom stereocenters. The maximum Gasteiger partial charge on any atom is 0.321 e. The first-order chi connectivity index (χ1) is 7.72. The molecule has 1 rings (SSSR count). The van der Waals surface area contributed by atoms with Crippen molar-refractivity contribution in [1.29, 1.82) is 0 Å². The van der Waals surface area contributed by atoms with Gasteiger partial charge in [-0.2, -0.15) is 0 Å². The van der Waals surface area contributed by atoms with Gasteiger partial charge < -0.3 is 14.8 Å². The van der Waals surface area contributed by atoms with E-state index in [2.05, 4.69) is 10.3 Å². The summed E-state index contributed by atoms with van der Waals surface area (Å²) in [5.74, 6) is -1.58. The lowest BCUT2D eigenvalue weighted by molar-refractivity contribution is -0.145. The van der Waals surface area contributed by atoms with Gasteiger partial charge in [-0.25, -0.2) is 4.98 Å². The fourth-order valence-electron chi connectivity index (χ4n) is 1.02. The van der Waals surface area contributed by atoms with Crippen LogP contribution < -0.4 is 5.32 Å². The van der Waals surface area contributed by atoms with Crippen LogP contribution in [0, 0.1) is 0 Å². The molecule has 1 heterocycles. The lowest BCUT2D eigenvalue weighted by Gasteiger charge is -2.05. The van der Waals surface area contributed by atoms with E-state index in [0.29, 0.717) is 22.7 Å². The molecule has 86 valence electrons. The van der Waals surface area contributed by atoms with Crippen LogP contribution in [0.5, 0.6) is 0 Å². The van der Waals surface area contributed by atoms with Gasteiger partial charge in [-0.15, -0.1) is 11.3 Å². The third-order valence-electron chi connectivity index (χ3n) is 1.69. The third kappa shape index (κ3) is 2.86. The zero-order valence-electron chi connectivity index (χ0n) is 8.50. The van der Waals surface area contributed by atoms with Crippen molar-refractivity contribution in [2.24, 2.45) is 0 Å². The van der Waals surface area contributed by atoms with E-state index in [1.807, 2.05) is 0 Å². The number of nitrogens with zero attached hydrogens (tertiary/aromatic N) is 1. The van der Waals surface area contributed by atoms with Gasteiger partial charge in [-0.1, -0.05) is 0 Å². The van der Waals surface area contributed by atoms with Gasteiger partial charge in [0.25, 0.3) is 0 Å². The molecule has 0 fully saturated rings. The smallest absolute Gasteiger partial charge is 0.321 e. The van der Waals surface area contributed by atoms with E-state index in [1.165, 1.54) is 6.20 Å². The van der Waals surface area contributed by atoms with Crippen LogP contribution in [0.1, 0.15) is 17.7 Å². The molecule has 1 aromatic heterocycles. The molecule has 0 radical (unpaired) electrons. The topological polar surface area (TPSA) is 85.4 Å². The second-order valence-corrected chi connectivity index (χ2v) is 3.76. The van der Waals surface area contributed by atoms with Gasteiger partial charge in [0.2, 0.25) is 6.41 Å². The van der Waals surface area contributed by atoms with E-state index >= 15 is 0 Å². The predicted octanol–water partition coefficient (Wildman–Crippen LogP) is 0.557. The van der Waals surface area contributed by atoms with Crippen molar-refractivity contribution in [2.75, 3.05) is 11.9 Å². The number of hydrogen-bond acceptors (Lipinski definition) is 6. The molecular weight excluding hydrogens is 232 g/mol. The molecule has 0 aliphatic carbocycles. The summed E-state index contributed by atoms with van der Waals surface area (Å²) >= 11 is 1.06. The van der Waals surface area contributed by atoms with Gasteiger partial charge in [0.05, 0.1) is 6.61 Å². The average Bonchev–Trinajstić information content (AvgIpc) is 2.68. The predicted molar refractivity (Wildman–Crippen MR) is 57.2 cm³/mol. The standard InChI is InChI=1S/C9H10N2O4S/c1-2-15-8(14)6(4-12)7-3-10-9(16-7)11-5-13/h3-6H,2H2,1H3,(H,10,11,13). The Kier molecular flexibility index (Phi) is 4.59. The van der Waals surface area contributed by atoms with Crippen LogP contribution in [0.2, 0.25) is 0 Å². The maximum atomic E-state index is 11.4. The molecule has 0 aromatic carbocycles. The minimum absolute atomic E-state index is 0.210. The Hall–Kier alpha value is -1.76. The SMILES string of the molecule is CCOC(=O)C(C=O)c1cnc(NC=O)s1. The molecule has 0 spiro atoms. The number of aromatic nitrogens is 1. The number of ether oxygens (including phenoxy) is 1. The highest BCUT2D eigenvalue weighted by Gasteiger charge is 2.23. The third-order valence-corrected chi connectivity index (χ3v) is 2.70. The van der Waals surface area contributed by atoms with E-state index < -0.39 is 11.9 Å². The van der Waals surface area contributed by atoms with Gasteiger partial charge in [0.15, 0.2) is 5.13 Å². The van der Waals surface area contributed by atoms with Gasteiger partial charge in [0, 0.05) is 11.1 Å². The van der Waals surface area contributed by atoms with Crippen LogP contribution in [-0.2, 0) is 19.1 Å². The highest BCUT2D eigenvalue weighted by molar-refractivity contribution is 7.16. The van der Waals surface area contributed by atoms with Crippen LogP contribution in [-0.4, -0.2) is 30.3 Å². The van der Waals surface area contributed by atoms with Crippen LogP contribution in [0.15, 0.2) is 6.20 Å². The van der Waals surface area contributed by atoms with Gasteiger partial charge in [-0.3, -0.25) is 9.59 Å². The fourth-order valence-corrected chi connectivity index (χ4v) is 1.84. The second kappa shape index (κ2) is 5.96. The molecule has 6 nitrogen and oxygen atoms in total. The van der Waals surface area contributed by atoms with Crippen molar-refractivity contribution in [3.8, 4) is 0 Å². The number of aldehydes is 1. The Morgan fingerprint density at radius 2 is 2.44 bits per heavy atom. The number of amides is 1. The Balaban J connectivity index is 2.82. The van der Waals surface area contributed by atoms with Crippen molar-refractivity contribution in [3.63, 3.8) is 0 Å². The van der Waals surface area contributed by atoms with Crippen molar-refractivity contribution in [1.82, 2.24) is 4.98 Å². The van der Waals surface area contributed by atoms with E-state index in [-0.39, 0.29) is 6.61 Å². The maximum absolute atomic E-state index is 11.4. The summed E-state index contributed by atoms with van der Waals surface area (Å²) in [6.07, 6.45) is 2.34. The van der Waals surface area contributed by atoms with Crippen LogP contribution >= 0.6 is 11.3 Å². The van der Waals surface area contributed by atoms with Crippen LogP contribution in [0.4, 0.5) is 5.13 Å². The minimum Gasteiger partial charge on any atom is -0.465 e. The summed E-state index contributed by atoms with van der Waals surface area (Å²) in [5, 5.41) is 2.67. The summed E-state index contributed by atoms with van der Waals surface area (Å²) in [6.45, 7) is 1.87. The van der Waals surface area contributed by atoms with Crippen molar-refractivity contribution >= 4 is 35.1 Å². The normalized spacial score (nSPS) is 11.6. The summed E-state index contributed by atoms with van der Waals surface area (Å²) in [7, 11) is 0.